The molecule has 1 heterocycles. The lowest BCUT2D eigenvalue weighted by Crippen LogP contribution is -1.97. The molecule has 1 nitrogen and oxygen atoms in total. The Morgan fingerprint density at radius 2 is 0.906 bits per heavy atom. The standard InChI is InChI=1S/C52H31N/c1-2-13-32(14-3-1)35-28-36(37-27-34-16-12-23-42-40-18-6-7-19-41(40)47(31-37)49(34)42)30-38(29-35)53-48-24-11-10-22-45(48)51-46-26-25-33-15-4-5-17-39(33)50(46)43-20-8-9-21-44(43)52(51)53/h1-31H. The number of nitrogens with zero attached hydrogens (tertiary/aromatic N) is 1. The third-order valence-corrected chi connectivity index (χ3v) is 11.6. The van der Waals surface area contributed by atoms with Gasteiger partial charge in [-0.15, -0.1) is 0 Å². The summed E-state index contributed by atoms with van der Waals surface area (Å²) in [4.78, 5) is 0. The van der Waals surface area contributed by atoms with Gasteiger partial charge in [0.15, 0.2) is 0 Å². The van der Waals surface area contributed by atoms with Crippen molar-refractivity contribution in [2.24, 2.45) is 0 Å². The first-order valence-electron chi connectivity index (χ1n) is 18.4. The van der Waals surface area contributed by atoms with Gasteiger partial charge in [-0.3, -0.25) is 0 Å². The van der Waals surface area contributed by atoms with Crippen LogP contribution >= 0.6 is 0 Å². The van der Waals surface area contributed by atoms with Gasteiger partial charge < -0.3 is 4.57 Å². The lowest BCUT2D eigenvalue weighted by Gasteiger charge is -2.17. The van der Waals surface area contributed by atoms with Crippen molar-refractivity contribution in [3.8, 4) is 50.2 Å². The molecule has 10 aromatic carbocycles. The number of hydrogen-bond acceptors (Lipinski definition) is 0. The fourth-order valence-corrected chi connectivity index (χ4v) is 9.40. The number of rotatable bonds is 3. The summed E-state index contributed by atoms with van der Waals surface area (Å²) in [5, 5.41) is 12.9. The average Bonchev–Trinajstić information content (AvgIpc) is 3.75. The molecular weight excluding hydrogens is 639 g/mol. The molecule has 0 N–H and O–H groups in total. The molecule has 0 atom stereocenters. The smallest absolute Gasteiger partial charge is 0.0625 e. The van der Waals surface area contributed by atoms with E-state index in [1.165, 1.54) is 109 Å². The Balaban J connectivity index is 1.22. The molecule has 0 saturated heterocycles. The second kappa shape index (κ2) is 10.8. The number of fused-ring (bicyclic) bond motifs is 13. The molecule has 0 unspecified atom stereocenters. The van der Waals surface area contributed by atoms with Crippen molar-refractivity contribution in [1.29, 1.82) is 0 Å². The van der Waals surface area contributed by atoms with Gasteiger partial charge in [-0.25, -0.2) is 0 Å². The maximum atomic E-state index is 2.53. The minimum atomic E-state index is 1.16. The average molecular weight is 670 g/mol. The zero-order valence-corrected chi connectivity index (χ0v) is 28.8. The van der Waals surface area contributed by atoms with Gasteiger partial charge in [0, 0.05) is 21.8 Å². The molecule has 1 heteroatoms. The summed E-state index contributed by atoms with van der Waals surface area (Å²) < 4.78 is 2.53. The predicted molar refractivity (Wildman–Crippen MR) is 226 cm³/mol. The molecule has 0 saturated carbocycles. The van der Waals surface area contributed by atoms with Crippen molar-refractivity contribution in [2.45, 2.75) is 0 Å². The van der Waals surface area contributed by atoms with Gasteiger partial charge in [0.25, 0.3) is 0 Å². The lowest BCUT2D eigenvalue weighted by molar-refractivity contribution is 1.19. The Hall–Kier alpha value is -6.96. The van der Waals surface area contributed by atoms with Crippen LogP contribution in [0.15, 0.2) is 188 Å². The minimum Gasteiger partial charge on any atom is -0.309 e. The Labute approximate surface area is 306 Å². The van der Waals surface area contributed by atoms with Crippen molar-refractivity contribution in [2.75, 3.05) is 0 Å². The van der Waals surface area contributed by atoms with Gasteiger partial charge in [-0.1, -0.05) is 152 Å². The molecule has 11 aromatic rings. The third kappa shape index (κ3) is 4.02. The second-order valence-electron chi connectivity index (χ2n) is 14.4. The normalized spacial score (nSPS) is 12.2. The highest BCUT2D eigenvalue weighted by Crippen LogP contribution is 2.49. The summed E-state index contributed by atoms with van der Waals surface area (Å²) in [5.41, 5.74) is 13.7. The molecule has 244 valence electrons. The fraction of sp³-hybridized carbons (Fsp3) is 0. The summed E-state index contributed by atoms with van der Waals surface area (Å²) in [6.45, 7) is 0. The maximum Gasteiger partial charge on any atom is 0.0625 e. The highest BCUT2D eigenvalue weighted by molar-refractivity contribution is 6.36. The first-order chi connectivity index (χ1) is 26.3. The SMILES string of the molecule is c1ccc(-c2cc(-c3cc4c5c(cccc5c3)-c3ccccc3-4)cc(-n3c4ccccc4c4c5ccc6ccccc6c5c5ccccc5c43)c2)cc1. The van der Waals surface area contributed by atoms with E-state index in [-0.39, 0.29) is 0 Å². The molecule has 0 amide bonds. The molecular formula is C52H31N. The molecule has 0 radical (unpaired) electrons. The summed E-state index contributed by atoms with van der Waals surface area (Å²) in [7, 11) is 0. The summed E-state index contributed by atoms with van der Waals surface area (Å²) in [6.07, 6.45) is 0. The van der Waals surface area contributed by atoms with Crippen LogP contribution in [-0.4, -0.2) is 4.57 Å². The van der Waals surface area contributed by atoms with Crippen LogP contribution < -0.4 is 0 Å². The van der Waals surface area contributed by atoms with Crippen LogP contribution in [0.2, 0.25) is 0 Å². The van der Waals surface area contributed by atoms with Gasteiger partial charge in [0.2, 0.25) is 0 Å². The first kappa shape index (κ1) is 28.7. The number of aromatic nitrogens is 1. The monoisotopic (exact) mass is 669 g/mol. The van der Waals surface area contributed by atoms with Crippen LogP contribution in [0.1, 0.15) is 0 Å². The minimum absolute atomic E-state index is 1.16. The van der Waals surface area contributed by atoms with E-state index in [9.17, 15) is 0 Å². The number of para-hydroxylation sites is 1. The first-order valence-corrected chi connectivity index (χ1v) is 18.4. The Bertz CT molecular complexity index is 3330. The second-order valence-corrected chi connectivity index (χ2v) is 14.4. The zero-order chi connectivity index (χ0) is 34.6. The fourth-order valence-electron chi connectivity index (χ4n) is 9.40. The van der Waals surface area contributed by atoms with Crippen molar-refractivity contribution in [3.63, 3.8) is 0 Å². The summed E-state index contributed by atoms with van der Waals surface area (Å²) in [6, 6.07) is 69.8. The van der Waals surface area contributed by atoms with Crippen molar-refractivity contribution >= 4 is 64.9 Å². The van der Waals surface area contributed by atoms with Crippen LogP contribution in [0, 0.1) is 0 Å². The Morgan fingerprint density at radius 3 is 1.75 bits per heavy atom. The van der Waals surface area contributed by atoms with E-state index in [0.29, 0.717) is 0 Å². The maximum absolute atomic E-state index is 2.53. The number of hydrogen-bond donors (Lipinski definition) is 0. The molecule has 0 bridgehead atoms. The highest BCUT2D eigenvalue weighted by Gasteiger charge is 2.24. The van der Waals surface area contributed by atoms with Gasteiger partial charge in [0.05, 0.1) is 11.0 Å². The molecule has 0 aliphatic heterocycles. The van der Waals surface area contributed by atoms with E-state index in [1.54, 1.807) is 0 Å². The van der Waals surface area contributed by atoms with Crippen molar-refractivity contribution < 1.29 is 0 Å². The zero-order valence-electron chi connectivity index (χ0n) is 28.8. The molecule has 53 heavy (non-hydrogen) atoms. The predicted octanol–water partition coefficient (Wildman–Crippen LogP) is 14.4. The van der Waals surface area contributed by atoms with E-state index >= 15 is 0 Å². The van der Waals surface area contributed by atoms with Crippen LogP contribution in [0.3, 0.4) is 0 Å². The van der Waals surface area contributed by atoms with Crippen LogP contribution in [0.25, 0.3) is 115 Å². The van der Waals surface area contributed by atoms with Gasteiger partial charge in [-0.2, -0.15) is 0 Å². The van der Waals surface area contributed by atoms with E-state index in [0.717, 1.165) is 5.69 Å². The van der Waals surface area contributed by atoms with Gasteiger partial charge >= 0.3 is 0 Å². The van der Waals surface area contributed by atoms with E-state index < -0.39 is 0 Å². The molecule has 1 aliphatic carbocycles. The van der Waals surface area contributed by atoms with E-state index in [2.05, 4.69) is 193 Å². The van der Waals surface area contributed by atoms with Crippen LogP contribution in [0.4, 0.5) is 0 Å². The topological polar surface area (TPSA) is 4.93 Å². The lowest BCUT2D eigenvalue weighted by atomic mass is 9.92. The molecule has 1 aliphatic rings. The molecule has 0 spiro atoms. The molecule has 1 aromatic heterocycles. The largest absolute Gasteiger partial charge is 0.309 e. The molecule has 12 rings (SSSR count). The summed E-state index contributed by atoms with van der Waals surface area (Å²) >= 11 is 0. The number of benzene rings is 10. The van der Waals surface area contributed by atoms with E-state index in [4.69, 9.17) is 0 Å². The van der Waals surface area contributed by atoms with E-state index in [1.807, 2.05) is 0 Å². The van der Waals surface area contributed by atoms with Crippen LogP contribution in [0.5, 0.6) is 0 Å². The Morgan fingerprint density at radius 1 is 0.283 bits per heavy atom. The Kier molecular flexibility index (Phi) is 5.84. The van der Waals surface area contributed by atoms with Crippen molar-refractivity contribution in [3.05, 3.63) is 188 Å². The quantitative estimate of drug-likeness (QED) is 0.165. The van der Waals surface area contributed by atoms with Gasteiger partial charge in [0.1, 0.15) is 0 Å². The van der Waals surface area contributed by atoms with Gasteiger partial charge in [-0.05, 0) is 119 Å². The highest BCUT2D eigenvalue weighted by atomic mass is 15.0. The van der Waals surface area contributed by atoms with Crippen LogP contribution in [-0.2, 0) is 0 Å². The van der Waals surface area contributed by atoms with Crippen molar-refractivity contribution in [1.82, 2.24) is 4.57 Å². The molecule has 0 fully saturated rings. The third-order valence-electron chi connectivity index (χ3n) is 11.6. The summed E-state index contributed by atoms with van der Waals surface area (Å²) in [5.74, 6) is 0.